The van der Waals surface area contributed by atoms with E-state index < -0.39 is 28.6 Å². The molecule has 8 heteroatoms. The largest absolute Gasteiger partial charge is 0.477 e. The number of fused-ring (bicyclic) bond motifs is 2. The molecule has 2 aliphatic carbocycles. The summed E-state index contributed by atoms with van der Waals surface area (Å²) in [5, 5.41) is 12.4. The van der Waals surface area contributed by atoms with Gasteiger partial charge in [-0.3, -0.25) is 4.79 Å². The number of halogens is 2. The number of hydrogen-bond donors (Lipinski definition) is 2. The van der Waals surface area contributed by atoms with Crippen LogP contribution < -0.4 is 15.6 Å². The predicted molar refractivity (Wildman–Crippen MR) is 105 cm³/mol. The SMILES string of the molecule is CNC1CN(c2c(F)cc3c(=O)c(C(=O)O)cn(C4CC4)c3c2F)[C@H]2CCC[C@@H]12. The Labute approximate surface area is 166 Å². The van der Waals surface area contributed by atoms with Gasteiger partial charge in [0.1, 0.15) is 17.1 Å². The monoisotopic (exact) mass is 403 g/mol. The van der Waals surface area contributed by atoms with Crippen molar-refractivity contribution < 1.29 is 18.7 Å². The number of nitrogens with one attached hydrogen (secondary N) is 1. The first-order chi connectivity index (χ1) is 13.9. The van der Waals surface area contributed by atoms with Crippen LogP contribution in [-0.4, -0.2) is 41.3 Å². The fourth-order valence-electron chi connectivity index (χ4n) is 5.36. The molecule has 3 fully saturated rings. The molecule has 29 heavy (non-hydrogen) atoms. The Morgan fingerprint density at radius 3 is 2.66 bits per heavy atom. The molecule has 5 rings (SSSR count). The number of hydrogen-bond acceptors (Lipinski definition) is 4. The second kappa shape index (κ2) is 6.52. The molecule has 2 heterocycles. The van der Waals surface area contributed by atoms with Crippen LogP contribution in [0.2, 0.25) is 0 Å². The molecule has 0 bridgehead atoms. The van der Waals surface area contributed by atoms with Crippen LogP contribution in [0, 0.1) is 17.6 Å². The summed E-state index contributed by atoms with van der Waals surface area (Å²) < 4.78 is 32.5. The first-order valence-electron chi connectivity index (χ1n) is 10.2. The number of pyridine rings is 1. The van der Waals surface area contributed by atoms with Crippen LogP contribution in [0.3, 0.4) is 0 Å². The lowest BCUT2D eigenvalue weighted by molar-refractivity contribution is 0.0695. The van der Waals surface area contributed by atoms with Gasteiger partial charge in [-0.15, -0.1) is 0 Å². The highest BCUT2D eigenvalue weighted by molar-refractivity contribution is 5.94. The van der Waals surface area contributed by atoms with E-state index in [0.717, 1.165) is 38.2 Å². The van der Waals surface area contributed by atoms with Crippen LogP contribution in [0.15, 0.2) is 17.1 Å². The summed E-state index contributed by atoms with van der Waals surface area (Å²) in [7, 11) is 1.87. The Bertz CT molecular complexity index is 1080. The second-order valence-electron chi connectivity index (χ2n) is 8.44. The highest BCUT2D eigenvalue weighted by Crippen LogP contribution is 2.44. The molecule has 0 radical (unpaired) electrons. The molecule has 2 N–H and O–H groups in total. The first-order valence-corrected chi connectivity index (χ1v) is 10.2. The van der Waals surface area contributed by atoms with E-state index in [9.17, 15) is 14.7 Å². The zero-order chi connectivity index (χ0) is 20.4. The summed E-state index contributed by atoms with van der Waals surface area (Å²) in [5.74, 6) is -2.61. The smallest absolute Gasteiger partial charge is 0.341 e. The van der Waals surface area contributed by atoms with Crippen LogP contribution >= 0.6 is 0 Å². The summed E-state index contributed by atoms with van der Waals surface area (Å²) in [6.45, 7) is 0.506. The molecule has 154 valence electrons. The van der Waals surface area contributed by atoms with Crippen molar-refractivity contribution in [1.82, 2.24) is 9.88 Å². The number of likely N-dealkylation sites (N-methyl/N-ethyl adjacent to an activating group) is 1. The Balaban J connectivity index is 1.74. The lowest BCUT2D eigenvalue weighted by atomic mass is 9.99. The predicted octanol–water partition coefficient (Wildman–Crippen LogP) is 2.89. The zero-order valence-corrected chi connectivity index (χ0v) is 16.1. The van der Waals surface area contributed by atoms with E-state index in [4.69, 9.17) is 0 Å². The van der Waals surface area contributed by atoms with Crippen molar-refractivity contribution in [2.45, 2.75) is 50.2 Å². The second-order valence-corrected chi connectivity index (χ2v) is 8.44. The van der Waals surface area contributed by atoms with E-state index in [-0.39, 0.29) is 34.7 Å². The number of aromatic carboxylic acids is 1. The molecule has 1 saturated heterocycles. The van der Waals surface area contributed by atoms with Crippen molar-refractivity contribution in [1.29, 1.82) is 0 Å². The third kappa shape index (κ3) is 2.68. The van der Waals surface area contributed by atoms with Gasteiger partial charge in [0.15, 0.2) is 5.82 Å². The van der Waals surface area contributed by atoms with Crippen LogP contribution in [0.5, 0.6) is 0 Å². The normalized spacial score (nSPS) is 26.3. The fourth-order valence-corrected chi connectivity index (χ4v) is 5.36. The molecule has 0 spiro atoms. The number of carbonyl (C=O) groups is 1. The Morgan fingerprint density at radius 2 is 2.00 bits per heavy atom. The van der Waals surface area contributed by atoms with Crippen LogP contribution in [0.4, 0.5) is 14.5 Å². The van der Waals surface area contributed by atoms with Gasteiger partial charge < -0.3 is 19.9 Å². The average molecular weight is 403 g/mol. The molecule has 1 aliphatic heterocycles. The molecule has 1 aromatic heterocycles. The van der Waals surface area contributed by atoms with Crippen LogP contribution in [0.1, 0.15) is 48.5 Å². The number of rotatable bonds is 4. The standard InChI is InChI=1S/C21H23F2N3O3/c1-24-15-9-26(16-4-2-3-11(15)16)19-14(22)7-12-18(17(19)23)25(10-5-6-10)8-13(20(12)27)21(28)29/h7-8,10-11,15-16,24H,2-6,9H2,1H3,(H,28,29)/t11-,15?,16-/m0/s1. The number of anilines is 1. The molecular weight excluding hydrogens is 380 g/mol. The van der Waals surface area contributed by atoms with Gasteiger partial charge in [0, 0.05) is 30.9 Å². The highest BCUT2D eigenvalue weighted by Gasteiger charge is 2.45. The minimum absolute atomic E-state index is 0.0151. The van der Waals surface area contributed by atoms with Gasteiger partial charge in [0.05, 0.1) is 10.9 Å². The molecule has 1 unspecified atom stereocenters. The van der Waals surface area contributed by atoms with E-state index in [1.54, 1.807) is 0 Å². The minimum Gasteiger partial charge on any atom is -0.477 e. The Kier molecular flexibility index (Phi) is 4.17. The van der Waals surface area contributed by atoms with Crippen molar-refractivity contribution in [2.24, 2.45) is 5.92 Å². The van der Waals surface area contributed by atoms with Crippen molar-refractivity contribution in [3.05, 3.63) is 39.7 Å². The molecule has 0 amide bonds. The van der Waals surface area contributed by atoms with Crippen molar-refractivity contribution in [3.8, 4) is 0 Å². The Hall–Kier alpha value is -2.48. The summed E-state index contributed by atoms with van der Waals surface area (Å²) >= 11 is 0. The van der Waals surface area contributed by atoms with Crippen LogP contribution in [-0.2, 0) is 0 Å². The Morgan fingerprint density at radius 1 is 1.24 bits per heavy atom. The van der Waals surface area contributed by atoms with Gasteiger partial charge in [-0.2, -0.15) is 0 Å². The number of carboxylic acid groups (broad SMARTS) is 1. The number of aromatic nitrogens is 1. The highest BCUT2D eigenvalue weighted by atomic mass is 19.1. The third-order valence-electron chi connectivity index (χ3n) is 6.85. The third-order valence-corrected chi connectivity index (χ3v) is 6.85. The first kappa shape index (κ1) is 18.5. The van der Waals surface area contributed by atoms with Gasteiger partial charge in [-0.1, -0.05) is 6.42 Å². The van der Waals surface area contributed by atoms with Gasteiger partial charge in [-0.05, 0) is 44.7 Å². The van der Waals surface area contributed by atoms with E-state index in [1.807, 2.05) is 11.9 Å². The summed E-state index contributed by atoms with van der Waals surface area (Å²) in [4.78, 5) is 25.9. The summed E-state index contributed by atoms with van der Waals surface area (Å²) in [6.07, 6.45) is 5.70. The quantitative estimate of drug-likeness (QED) is 0.821. The van der Waals surface area contributed by atoms with E-state index in [2.05, 4.69) is 5.32 Å². The van der Waals surface area contributed by atoms with Crippen LogP contribution in [0.25, 0.3) is 10.9 Å². The number of nitrogens with zero attached hydrogens (tertiary/aromatic N) is 2. The maximum absolute atomic E-state index is 15.8. The number of carboxylic acids is 1. The fraction of sp³-hybridized carbons (Fsp3) is 0.524. The van der Waals surface area contributed by atoms with Gasteiger partial charge >= 0.3 is 5.97 Å². The van der Waals surface area contributed by atoms with E-state index >= 15 is 8.78 Å². The molecular formula is C21H23F2N3O3. The van der Waals surface area contributed by atoms with E-state index in [1.165, 1.54) is 10.8 Å². The lowest BCUT2D eigenvalue weighted by Crippen LogP contribution is -2.34. The molecule has 6 nitrogen and oxygen atoms in total. The van der Waals surface area contributed by atoms with E-state index in [0.29, 0.717) is 12.5 Å². The molecule has 3 atom stereocenters. The molecule has 2 aromatic rings. The lowest BCUT2D eigenvalue weighted by Gasteiger charge is -2.27. The summed E-state index contributed by atoms with van der Waals surface area (Å²) in [5.41, 5.74) is -1.38. The van der Waals surface area contributed by atoms with Crippen molar-refractivity contribution >= 4 is 22.6 Å². The molecule has 1 aromatic carbocycles. The van der Waals surface area contributed by atoms with Crippen molar-refractivity contribution in [2.75, 3.05) is 18.5 Å². The van der Waals surface area contributed by atoms with Gasteiger partial charge in [-0.25, -0.2) is 13.6 Å². The zero-order valence-electron chi connectivity index (χ0n) is 16.1. The maximum atomic E-state index is 15.8. The minimum atomic E-state index is -1.39. The topological polar surface area (TPSA) is 74.6 Å². The van der Waals surface area contributed by atoms with Gasteiger partial charge in [0.25, 0.3) is 0 Å². The average Bonchev–Trinajstić information content (AvgIpc) is 3.31. The molecule has 2 saturated carbocycles. The maximum Gasteiger partial charge on any atom is 0.341 e. The summed E-state index contributed by atoms with van der Waals surface area (Å²) in [6, 6.07) is 1.19. The van der Waals surface area contributed by atoms with Gasteiger partial charge in [0.2, 0.25) is 5.43 Å². The molecule has 3 aliphatic rings. The van der Waals surface area contributed by atoms with Crippen molar-refractivity contribution in [3.63, 3.8) is 0 Å². The number of benzene rings is 1.